The second-order valence-corrected chi connectivity index (χ2v) is 11.8. The fourth-order valence-corrected chi connectivity index (χ4v) is 5.75. The van der Waals surface area contributed by atoms with Crippen molar-refractivity contribution in [3.05, 3.63) is 59.1 Å². The third-order valence-electron chi connectivity index (χ3n) is 6.60. The van der Waals surface area contributed by atoms with Crippen LogP contribution >= 0.6 is 11.6 Å². The minimum atomic E-state index is -3.58. The molecule has 8 nitrogen and oxygen atoms in total. The highest BCUT2D eigenvalue weighted by atomic mass is 35.5. The van der Waals surface area contributed by atoms with Crippen molar-refractivity contribution in [3.8, 4) is 5.75 Å². The van der Waals surface area contributed by atoms with Crippen LogP contribution in [0.1, 0.15) is 51.0 Å². The fraction of sp³-hybridized carbons (Fsp3) is 0.481. The standard InChI is InChI=1S/C27H36ClN3O5S/c1-20(27(33)29-23-11-4-5-12-23)30(19-21-9-6-10-22(28)17-21)26(32)15-8-16-31(37(3,34)35)24-13-7-14-25(18-24)36-2/h6-7,9-10,13-14,17-18,20,23H,4-5,8,11-12,15-16,19H2,1-3H3,(H,29,33)/t20-/m0/s1. The molecule has 0 bridgehead atoms. The van der Waals surface area contributed by atoms with Gasteiger partial charge in [-0.2, -0.15) is 0 Å². The zero-order valence-electron chi connectivity index (χ0n) is 21.7. The summed E-state index contributed by atoms with van der Waals surface area (Å²) in [6, 6.07) is 13.4. The van der Waals surface area contributed by atoms with Crippen LogP contribution in [0.3, 0.4) is 0 Å². The first-order valence-electron chi connectivity index (χ1n) is 12.5. The van der Waals surface area contributed by atoms with E-state index in [4.69, 9.17) is 16.3 Å². The van der Waals surface area contributed by atoms with E-state index < -0.39 is 16.1 Å². The molecular weight excluding hydrogens is 514 g/mol. The molecule has 2 amide bonds. The second kappa shape index (κ2) is 13.1. The number of anilines is 1. The van der Waals surface area contributed by atoms with Gasteiger partial charge in [0.15, 0.2) is 0 Å². The molecule has 0 radical (unpaired) electrons. The summed E-state index contributed by atoms with van der Waals surface area (Å²) in [5.74, 6) is 0.126. The minimum Gasteiger partial charge on any atom is -0.497 e. The number of amides is 2. The number of benzene rings is 2. The van der Waals surface area contributed by atoms with Crippen LogP contribution in [0.25, 0.3) is 0 Å². The normalized spacial score (nSPS) is 14.7. The highest BCUT2D eigenvalue weighted by Gasteiger charge is 2.28. The summed E-state index contributed by atoms with van der Waals surface area (Å²) in [6.45, 7) is 2.07. The molecule has 37 heavy (non-hydrogen) atoms. The molecule has 1 saturated carbocycles. The van der Waals surface area contributed by atoms with Crippen LogP contribution in [0.5, 0.6) is 5.75 Å². The lowest BCUT2D eigenvalue weighted by atomic mass is 10.1. The number of hydrogen-bond donors (Lipinski definition) is 1. The van der Waals surface area contributed by atoms with Crippen molar-refractivity contribution in [1.29, 1.82) is 0 Å². The van der Waals surface area contributed by atoms with Gasteiger partial charge in [0.25, 0.3) is 0 Å². The molecule has 2 aromatic rings. The molecule has 1 fully saturated rings. The Hall–Kier alpha value is -2.78. The summed E-state index contributed by atoms with van der Waals surface area (Å²) in [7, 11) is -2.07. The van der Waals surface area contributed by atoms with Gasteiger partial charge in [-0.05, 0) is 56.0 Å². The summed E-state index contributed by atoms with van der Waals surface area (Å²) in [5.41, 5.74) is 1.28. The molecule has 2 aromatic carbocycles. The zero-order valence-corrected chi connectivity index (χ0v) is 23.2. The molecule has 0 aromatic heterocycles. The molecule has 0 spiro atoms. The number of nitrogens with one attached hydrogen (secondary N) is 1. The maximum absolute atomic E-state index is 13.4. The monoisotopic (exact) mass is 549 g/mol. The summed E-state index contributed by atoms with van der Waals surface area (Å²) in [4.78, 5) is 28.0. The Kier molecular flexibility index (Phi) is 10.2. The van der Waals surface area contributed by atoms with Crippen LogP contribution in [0.2, 0.25) is 5.02 Å². The quantitative estimate of drug-likeness (QED) is 0.424. The average molecular weight is 550 g/mol. The van der Waals surface area contributed by atoms with E-state index in [1.54, 1.807) is 48.2 Å². The highest BCUT2D eigenvalue weighted by Crippen LogP contribution is 2.24. The smallest absolute Gasteiger partial charge is 0.242 e. The van der Waals surface area contributed by atoms with Crippen molar-refractivity contribution in [2.24, 2.45) is 0 Å². The summed E-state index contributed by atoms with van der Waals surface area (Å²) in [5, 5.41) is 3.63. The molecule has 1 aliphatic carbocycles. The van der Waals surface area contributed by atoms with Crippen LogP contribution in [0.4, 0.5) is 5.69 Å². The van der Waals surface area contributed by atoms with Crippen molar-refractivity contribution >= 4 is 39.1 Å². The molecular formula is C27H36ClN3O5S. The Labute approximate surface area is 225 Å². The van der Waals surface area contributed by atoms with E-state index in [0.717, 1.165) is 37.5 Å². The second-order valence-electron chi connectivity index (χ2n) is 9.46. The predicted molar refractivity (Wildman–Crippen MR) is 146 cm³/mol. The van der Waals surface area contributed by atoms with E-state index in [9.17, 15) is 18.0 Å². The van der Waals surface area contributed by atoms with Crippen molar-refractivity contribution in [1.82, 2.24) is 10.2 Å². The van der Waals surface area contributed by atoms with Gasteiger partial charge < -0.3 is 15.0 Å². The topological polar surface area (TPSA) is 96.0 Å². The van der Waals surface area contributed by atoms with E-state index in [0.29, 0.717) is 16.5 Å². The molecule has 1 N–H and O–H groups in total. The van der Waals surface area contributed by atoms with Crippen molar-refractivity contribution < 1.29 is 22.7 Å². The maximum atomic E-state index is 13.4. The Morgan fingerprint density at radius 2 is 1.84 bits per heavy atom. The molecule has 202 valence electrons. The number of nitrogens with zero attached hydrogens (tertiary/aromatic N) is 2. The number of rotatable bonds is 12. The minimum absolute atomic E-state index is 0.0810. The fourth-order valence-electron chi connectivity index (χ4n) is 4.58. The summed E-state index contributed by atoms with van der Waals surface area (Å²) < 4.78 is 31.5. The number of sulfonamides is 1. The number of ether oxygens (including phenoxy) is 1. The number of hydrogen-bond acceptors (Lipinski definition) is 5. The molecule has 0 aliphatic heterocycles. The molecule has 3 rings (SSSR count). The SMILES string of the molecule is COc1cccc(N(CCCC(=O)N(Cc2cccc(Cl)c2)[C@@H](C)C(=O)NC2CCCC2)S(C)(=O)=O)c1. The van der Waals surface area contributed by atoms with Crippen LogP contribution in [-0.4, -0.2) is 57.1 Å². The van der Waals surface area contributed by atoms with Gasteiger partial charge in [-0.25, -0.2) is 8.42 Å². The van der Waals surface area contributed by atoms with E-state index in [2.05, 4.69) is 5.32 Å². The van der Waals surface area contributed by atoms with Gasteiger partial charge in [-0.3, -0.25) is 13.9 Å². The first kappa shape index (κ1) is 28.8. The summed E-state index contributed by atoms with van der Waals surface area (Å²) >= 11 is 6.15. The number of halogens is 1. The van der Waals surface area contributed by atoms with E-state index in [1.165, 1.54) is 11.4 Å². The molecule has 0 unspecified atom stereocenters. The average Bonchev–Trinajstić information content (AvgIpc) is 3.37. The van der Waals surface area contributed by atoms with E-state index in [1.807, 2.05) is 12.1 Å². The Morgan fingerprint density at radius 3 is 2.49 bits per heavy atom. The van der Waals surface area contributed by atoms with Gasteiger partial charge >= 0.3 is 0 Å². The Bertz CT molecular complexity index is 1180. The number of carbonyl (C=O) groups excluding carboxylic acids is 2. The van der Waals surface area contributed by atoms with Crippen LogP contribution in [-0.2, 0) is 26.2 Å². The molecule has 1 aliphatic rings. The third kappa shape index (κ3) is 8.36. The summed E-state index contributed by atoms with van der Waals surface area (Å²) in [6.07, 6.45) is 5.58. The van der Waals surface area contributed by atoms with Gasteiger partial charge in [0.2, 0.25) is 21.8 Å². The van der Waals surface area contributed by atoms with Gasteiger partial charge in [-0.1, -0.05) is 42.6 Å². The van der Waals surface area contributed by atoms with Gasteiger partial charge in [0, 0.05) is 36.6 Å². The molecule has 10 heteroatoms. The van der Waals surface area contributed by atoms with Gasteiger partial charge in [0.05, 0.1) is 19.1 Å². The Balaban J connectivity index is 1.72. The van der Waals surface area contributed by atoms with Crippen molar-refractivity contribution in [2.45, 2.75) is 64.1 Å². The van der Waals surface area contributed by atoms with Crippen molar-refractivity contribution in [2.75, 3.05) is 24.2 Å². The first-order chi connectivity index (χ1) is 17.6. The Morgan fingerprint density at radius 1 is 1.14 bits per heavy atom. The largest absolute Gasteiger partial charge is 0.497 e. The zero-order chi connectivity index (χ0) is 27.0. The maximum Gasteiger partial charge on any atom is 0.242 e. The first-order valence-corrected chi connectivity index (χ1v) is 14.8. The third-order valence-corrected chi connectivity index (χ3v) is 8.03. The van der Waals surface area contributed by atoms with Crippen LogP contribution in [0.15, 0.2) is 48.5 Å². The van der Waals surface area contributed by atoms with Crippen molar-refractivity contribution in [3.63, 3.8) is 0 Å². The molecule has 1 atom stereocenters. The van der Waals surface area contributed by atoms with Crippen LogP contribution in [0, 0.1) is 0 Å². The van der Waals surface area contributed by atoms with E-state index in [-0.39, 0.29) is 43.8 Å². The lowest BCUT2D eigenvalue weighted by Gasteiger charge is -2.30. The van der Waals surface area contributed by atoms with Gasteiger partial charge in [0.1, 0.15) is 11.8 Å². The van der Waals surface area contributed by atoms with E-state index >= 15 is 0 Å². The van der Waals surface area contributed by atoms with Crippen LogP contribution < -0.4 is 14.4 Å². The number of carbonyl (C=O) groups is 2. The number of methoxy groups -OCH3 is 1. The lowest BCUT2D eigenvalue weighted by Crippen LogP contribution is -2.49. The highest BCUT2D eigenvalue weighted by molar-refractivity contribution is 7.92. The predicted octanol–water partition coefficient (Wildman–Crippen LogP) is 4.37. The molecule has 0 saturated heterocycles. The lowest BCUT2D eigenvalue weighted by molar-refractivity contribution is -0.141. The molecule has 0 heterocycles. The van der Waals surface area contributed by atoms with Gasteiger partial charge in [-0.15, -0.1) is 0 Å².